The third-order valence-electron chi connectivity index (χ3n) is 5.19. The predicted molar refractivity (Wildman–Crippen MR) is 83.3 cm³/mol. The van der Waals surface area contributed by atoms with E-state index in [0.717, 1.165) is 16.7 Å². The van der Waals surface area contributed by atoms with E-state index in [-0.39, 0.29) is 18.6 Å². The first-order valence-corrected chi connectivity index (χ1v) is 7.86. The summed E-state index contributed by atoms with van der Waals surface area (Å²) in [6.07, 6.45) is -0.665. The van der Waals surface area contributed by atoms with Crippen molar-refractivity contribution in [2.75, 3.05) is 0 Å². The molecule has 0 aromatic heterocycles. The summed E-state index contributed by atoms with van der Waals surface area (Å²) in [6, 6.07) is 12.7. The minimum atomic E-state index is -2.69. The molecule has 0 radical (unpaired) electrons. The van der Waals surface area contributed by atoms with Crippen LogP contribution < -0.4 is 4.74 Å². The Hall–Kier alpha value is -2.10. The molecule has 0 saturated heterocycles. The van der Waals surface area contributed by atoms with Gasteiger partial charge in [0.05, 0.1) is 5.41 Å². The van der Waals surface area contributed by atoms with Crippen molar-refractivity contribution in [2.45, 2.75) is 43.6 Å². The molecule has 1 fully saturated rings. The number of alkyl halides is 2. The smallest absolute Gasteiger partial charge is 0.251 e. The van der Waals surface area contributed by atoms with Gasteiger partial charge >= 0.3 is 0 Å². The monoisotopic (exact) mass is 316 g/mol. The summed E-state index contributed by atoms with van der Waals surface area (Å²) in [6.45, 7) is 2.00. The second kappa shape index (κ2) is 4.70. The van der Waals surface area contributed by atoms with Crippen LogP contribution in [-0.4, -0.2) is 17.1 Å². The van der Waals surface area contributed by atoms with Crippen LogP contribution in [0.2, 0.25) is 0 Å². The maximum atomic E-state index is 14.0. The van der Waals surface area contributed by atoms with Gasteiger partial charge in [0.15, 0.2) is 0 Å². The zero-order valence-electron chi connectivity index (χ0n) is 12.9. The van der Waals surface area contributed by atoms with Gasteiger partial charge in [-0.1, -0.05) is 29.8 Å². The van der Waals surface area contributed by atoms with E-state index >= 15 is 0 Å². The van der Waals surface area contributed by atoms with Crippen molar-refractivity contribution in [3.8, 4) is 11.5 Å². The number of ether oxygens (including phenoxy) is 1. The molecule has 0 bridgehead atoms. The third-order valence-corrected chi connectivity index (χ3v) is 5.19. The van der Waals surface area contributed by atoms with Gasteiger partial charge in [0.25, 0.3) is 5.92 Å². The van der Waals surface area contributed by atoms with Gasteiger partial charge in [-0.05, 0) is 37.1 Å². The zero-order valence-corrected chi connectivity index (χ0v) is 12.9. The highest BCUT2D eigenvalue weighted by Crippen LogP contribution is 2.57. The molecule has 1 aliphatic heterocycles. The topological polar surface area (TPSA) is 29.5 Å². The van der Waals surface area contributed by atoms with E-state index in [0.29, 0.717) is 12.2 Å². The van der Waals surface area contributed by atoms with E-state index in [9.17, 15) is 13.9 Å². The lowest BCUT2D eigenvalue weighted by Gasteiger charge is -2.41. The lowest BCUT2D eigenvalue weighted by molar-refractivity contribution is -0.0829. The van der Waals surface area contributed by atoms with Crippen LogP contribution in [0.3, 0.4) is 0 Å². The van der Waals surface area contributed by atoms with E-state index in [1.165, 1.54) is 0 Å². The number of aromatic hydroxyl groups is 1. The SMILES string of the molecule is Cc1ccc2c(c1)C1(c3ccc(O)cc3)CCC(F)(F)CC1O2. The van der Waals surface area contributed by atoms with E-state index in [4.69, 9.17) is 4.74 Å². The Bertz CT molecular complexity index is 754. The Kier molecular flexibility index (Phi) is 2.96. The van der Waals surface area contributed by atoms with Crippen LogP contribution in [0.5, 0.6) is 11.5 Å². The summed E-state index contributed by atoms with van der Waals surface area (Å²) in [5, 5.41) is 9.56. The van der Waals surface area contributed by atoms with Crippen LogP contribution in [0.15, 0.2) is 42.5 Å². The molecule has 2 aromatic rings. The molecular weight excluding hydrogens is 298 g/mol. The predicted octanol–water partition coefficient (Wildman–Crippen LogP) is 4.57. The minimum Gasteiger partial charge on any atom is -0.508 e. The van der Waals surface area contributed by atoms with E-state index in [2.05, 4.69) is 0 Å². The van der Waals surface area contributed by atoms with Gasteiger partial charge in [-0.15, -0.1) is 0 Å². The number of rotatable bonds is 1. The second-order valence-electron chi connectivity index (χ2n) is 6.68. The van der Waals surface area contributed by atoms with Crippen LogP contribution in [0, 0.1) is 6.92 Å². The van der Waals surface area contributed by atoms with Crippen LogP contribution in [0.1, 0.15) is 36.0 Å². The summed E-state index contributed by atoms with van der Waals surface area (Å²) in [5.74, 6) is -1.82. The van der Waals surface area contributed by atoms with Crippen molar-refractivity contribution < 1.29 is 18.6 Å². The van der Waals surface area contributed by atoms with Gasteiger partial charge in [0.2, 0.25) is 0 Å². The number of phenolic OH excluding ortho intramolecular Hbond substituents is 1. The normalized spacial score (nSPS) is 27.9. The summed E-state index contributed by atoms with van der Waals surface area (Å²) in [7, 11) is 0. The van der Waals surface area contributed by atoms with Crippen molar-refractivity contribution in [3.63, 3.8) is 0 Å². The number of benzene rings is 2. The Morgan fingerprint density at radius 3 is 2.57 bits per heavy atom. The highest BCUT2D eigenvalue weighted by Gasteiger charge is 2.57. The third kappa shape index (κ3) is 2.12. The fourth-order valence-electron chi connectivity index (χ4n) is 4.03. The zero-order chi connectivity index (χ0) is 16.2. The van der Waals surface area contributed by atoms with Crippen LogP contribution in [-0.2, 0) is 5.41 Å². The number of phenols is 1. The Labute approximate surface area is 133 Å². The quantitative estimate of drug-likeness (QED) is 0.835. The van der Waals surface area contributed by atoms with Crippen molar-refractivity contribution >= 4 is 0 Å². The lowest BCUT2D eigenvalue weighted by Crippen LogP contribution is -2.48. The standard InChI is InChI=1S/C19H18F2O2/c1-12-2-7-16-15(10-12)19(13-3-5-14(22)6-4-13)9-8-18(20,21)11-17(19)23-16/h2-7,10,17,22H,8-9,11H2,1H3. The average Bonchev–Trinajstić information content (AvgIpc) is 2.80. The molecule has 1 aliphatic carbocycles. The number of hydrogen-bond acceptors (Lipinski definition) is 2. The minimum absolute atomic E-state index is 0.152. The fraction of sp³-hybridized carbons (Fsp3) is 0.368. The summed E-state index contributed by atoms with van der Waals surface area (Å²) >= 11 is 0. The second-order valence-corrected chi connectivity index (χ2v) is 6.68. The molecule has 0 amide bonds. The molecule has 4 heteroatoms. The van der Waals surface area contributed by atoms with E-state index < -0.39 is 17.4 Å². The van der Waals surface area contributed by atoms with Gasteiger partial charge in [0, 0.05) is 18.4 Å². The van der Waals surface area contributed by atoms with Crippen LogP contribution in [0.4, 0.5) is 8.78 Å². The molecule has 2 nitrogen and oxygen atoms in total. The molecule has 23 heavy (non-hydrogen) atoms. The molecule has 4 rings (SSSR count). The van der Waals surface area contributed by atoms with Gasteiger partial charge in [-0.3, -0.25) is 0 Å². The Morgan fingerprint density at radius 2 is 1.83 bits per heavy atom. The van der Waals surface area contributed by atoms with E-state index in [1.807, 2.05) is 37.3 Å². The molecule has 0 spiro atoms. The van der Waals surface area contributed by atoms with Crippen LogP contribution >= 0.6 is 0 Å². The first kappa shape index (κ1) is 14.5. The maximum Gasteiger partial charge on any atom is 0.251 e. The number of aryl methyl sites for hydroxylation is 1. The van der Waals surface area contributed by atoms with Gasteiger partial charge in [-0.25, -0.2) is 8.78 Å². The summed E-state index contributed by atoms with van der Waals surface area (Å²) in [5.41, 5.74) is 2.45. The molecule has 120 valence electrons. The van der Waals surface area contributed by atoms with Crippen molar-refractivity contribution in [1.82, 2.24) is 0 Å². The van der Waals surface area contributed by atoms with Gasteiger partial charge in [-0.2, -0.15) is 0 Å². The largest absolute Gasteiger partial charge is 0.508 e. The highest BCUT2D eigenvalue weighted by molar-refractivity contribution is 5.55. The van der Waals surface area contributed by atoms with Crippen LogP contribution in [0.25, 0.3) is 0 Å². The van der Waals surface area contributed by atoms with Gasteiger partial charge in [0.1, 0.15) is 17.6 Å². The molecular formula is C19H18F2O2. The fourth-order valence-corrected chi connectivity index (χ4v) is 4.03. The first-order chi connectivity index (χ1) is 10.9. The number of halogens is 2. The molecule has 1 heterocycles. The van der Waals surface area contributed by atoms with Crippen molar-refractivity contribution in [3.05, 3.63) is 59.2 Å². The summed E-state index contributed by atoms with van der Waals surface area (Å²) in [4.78, 5) is 0. The Morgan fingerprint density at radius 1 is 1.09 bits per heavy atom. The maximum absolute atomic E-state index is 14.0. The lowest BCUT2D eigenvalue weighted by atomic mass is 9.63. The van der Waals surface area contributed by atoms with Gasteiger partial charge < -0.3 is 9.84 Å². The molecule has 2 unspecified atom stereocenters. The molecule has 2 aromatic carbocycles. The highest BCUT2D eigenvalue weighted by atomic mass is 19.3. The Balaban J connectivity index is 1.91. The molecule has 2 aliphatic rings. The van der Waals surface area contributed by atoms with E-state index in [1.54, 1.807) is 12.1 Å². The molecule has 1 N–H and O–H groups in total. The van der Waals surface area contributed by atoms with Crippen molar-refractivity contribution in [1.29, 1.82) is 0 Å². The molecule has 1 saturated carbocycles. The average molecular weight is 316 g/mol. The number of fused-ring (bicyclic) bond motifs is 3. The number of hydrogen-bond donors (Lipinski definition) is 1. The van der Waals surface area contributed by atoms with Crippen molar-refractivity contribution in [2.24, 2.45) is 0 Å². The summed E-state index contributed by atoms with van der Waals surface area (Å²) < 4.78 is 33.9. The first-order valence-electron chi connectivity index (χ1n) is 7.86. The molecule has 2 atom stereocenters.